The van der Waals surface area contributed by atoms with Crippen LogP contribution in [0.3, 0.4) is 0 Å². The molecular formula is C13H21ClN4O3S. The number of amides is 1. The van der Waals surface area contributed by atoms with Crippen molar-refractivity contribution in [3.05, 3.63) is 23.9 Å². The first-order chi connectivity index (χ1) is 9.93. The molecule has 0 radical (unpaired) electrons. The number of allylic oxidation sites excluding steroid dienone is 2. The van der Waals surface area contributed by atoms with E-state index < -0.39 is 10.0 Å². The van der Waals surface area contributed by atoms with Gasteiger partial charge in [0.25, 0.3) is 15.9 Å². The van der Waals surface area contributed by atoms with Crippen LogP contribution >= 0.6 is 12.4 Å². The Morgan fingerprint density at radius 2 is 2.23 bits per heavy atom. The fourth-order valence-corrected chi connectivity index (χ4v) is 3.14. The number of amidine groups is 1. The summed E-state index contributed by atoms with van der Waals surface area (Å²) in [5, 5.41) is 5.98. The van der Waals surface area contributed by atoms with Crippen molar-refractivity contribution >= 4 is 34.2 Å². The number of likely N-dealkylation sites (N-methyl/N-ethyl adjacent to an activating group) is 1. The molecule has 2 heterocycles. The Balaban J connectivity index is 0.00000242. The van der Waals surface area contributed by atoms with E-state index in [9.17, 15) is 13.2 Å². The lowest BCUT2D eigenvalue weighted by Gasteiger charge is -2.28. The highest BCUT2D eigenvalue weighted by Crippen LogP contribution is 2.17. The van der Waals surface area contributed by atoms with Crippen molar-refractivity contribution in [2.75, 3.05) is 25.4 Å². The maximum Gasteiger partial charge on any atom is 0.256 e. The molecule has 0 unspecified atom stereocenters. The smallest absolute Gasteiger partial charge is 0.256 e. The van der Waals surface area contributed by atoms with E-state index in [4.69, 9.17) is 0 Å². The van der Waals surface area contributed by atoms with Gasteiger partial charge in [0.15, 0.2) is 5.84 Å². The second-order valence-electron chi connectivity index (χ2n) is 4.98. The summed E-state index contributed by atoms with van der Waals surface area (Å²) in [6.45, 7) is 5.56. The summed E-state index contributed by atoms with van der Waals surface area (Å²) in [7, 11) is -3.48. The second-order valence-corrected chi connectivity index (χ2v) is 6.74. The average Bonchev–Trinajstić information content (AvgIpc) is 2.43. The number of halogens is 1. The van der Waals surface area contributed by atoms with Gasteiger partial charge in [-0.1, -0.05) is 6.92 Å². The number of rotatable bonds is 5. The third-order valence-corrected chi connectivity index (χ3v) is 4.37. The molecule has 2 rings (SSSR count). The van der Waals surface area contributed by atoms with Crippen molar-refractivity contribution in [3.63, 3.8) is 0 Å². The minimum Gasteiger partial charge on any atom is -0.350 e. The van der Waals surface area contributed by atoms with Crippen molar-refractivity contribution in [1.82, 2.24) is 15.5 Å². The highest BCUT2D eigenvalue weighted by atomic mass is 35.5. The Hall–Kier alpha value is -1.38. The first-order valence-electron chi connectivity index (χ1n) is 6.92. The number of carbonyl (C=O) groups is 1. The normalized spacial score (nSPS) is 20.2. The molecule has 0 fully saturated rings. The molecule has 0 spiro atoms. The molecule has 1 amide bonds. The Kier molecular flexibility index (Phi) is 6.58. The third kappa shape index (κ3) is 4.56. The van der Waals surface area contributed by atoms with Crippen LogP contribution in [0.4, 0.5) is 0 Å². The van der Waals surface area contributed by atoms with Crippen LogP contribution in [0.15, 0.2) is 28.3 Å². The lowest BCUT2D eigenvalue weighted by Crippen LogP contribution is -2.44. The number of nitrogens with one attached hydrogen (secondary N) is 2. The van der Waals surface area contributed by atoms with Crippen molar-refractivity contribution in [3.8, 4) is 0 Å². The van der Waals surface area contributed by atoms with Crippen LogP contribution in [-0.4, -0.2) is 56.5 Å². The molecule has 9 heteroatoms. The van der Waals surface area contributed by atoms with Gasteiger partial charge in [-0.05, 0) is 25.6 Å². The Labute approximate surface area is 137 Å². The summed E-state index contributed by atoms with van der Waals surface area (Å²) in [6, 6.07) is 0.145. The second kappa shape index (κ2) is 7.75. The van der Waals surface area contributed by atoms with Crippen molar-refractivity contribution in [2.24, 2.45) is 4.40 Å². The fraction of sp³-hybridized carbons (Fsp3) is 0.538. The van der Waals surface area contributed by atoms with Gasteiger partial charge < -0.3 is 15.5 Å². The number of hydrogen-bond donors (Lipinski definition) is 2. The first kappa shape index (κ1) is 18.7. The van der Waals surface area contributed by atoms with Crippen LogP contribution < -0.4 is 10.6 Å². The fourth-order valence-electron chi connectivity index (χ4n) is 2.16. The first-order valence-corrected chi connectivity index (χ1v) is 8.53. The van der Waals surface area contributed by atoms with E-state index in [1.165, 1.54) is 0 Å². The molecule has 124 valence electrons. The quantitative estimate of drug-likeness (QED) is 0.731. The Morgan fingerprint density at radius 1 is 1.50 bits per heavy atom. The third-order valence-electron chi connectivity index (χ3n) is 3.22. The molecule has 0 bridgehead atoms. The SMILES string of the molecule is CCN[C@H](C)CNC(=O)C1=CC=CN2CCS(=O)(=O)N=C12.Cl. The summed E-state index contributed by atoms with van der Waals surface area (Å²) in [4.78, 5) is 13.9. The number of carbonyl (C=O) groups excluding carboxylic acids is 1. The summed E-state index contributed by atoms with van der Waals surface area (Å²) in [5.74, 6) is -0.144. The van der Waals surface area contributed by atoms with E-state index in [0.29, 0.717) is 13.1 Å². The minimum atomic E-state index is -3.48. The van der Waals surface area contributed by atoms with Gasteiger partial charge in [0, 0.05) is 25.3 Å². The topological polar surface area (TPSA) is 90.9 Å². The standard InChI is InChI=1S/C13H20N4O3S.ClH/c1-3-14-10(2)9-15-13(18)11-5-4-6-17-7-8-21(19,20)16-12(11)17;/h4-6,10,14H,3,7-9H2,1-2H3,(H,15,18);1H/t10-;/m1./s1. The van der Waals surface area contributed by atoms with Crippen molar-refractivity contribution in [2.45, 2.75) is 19.9 Å². The van der Waals surface area contributed by atoms with E-state index in [1.54, 1.807) is 23.3 Å². The number of hydrogen-bond acceptors (Lipinski definition) is 5. The van der Waals surface area contributed by atoms with E-state index in [-0.39, 0.29) is 41.5 Å². The lowest BCUT2D eigenvalue weighted by molar-refractivity contribution is -0.117. The number of nitrogens with zero attached hydrogens (tertiary/aromatic N) is 2. The number of sulfonamides is 1. The predicted octanol–water partition coefficient (Wildman–Crippen LogP) is 0.0200. The predicted molar refractivity (Wildman–Crippen MR) is 88.5 cm³/mol. The highest BCUT2D eigenvalue weighted by molar-refractivity contribution is 7.90. The van der Waals surface area contributed by atoms with Crippen LogP contribution in [0.1, 0.15) is 13.8 Å². The van der Waals surface area contributed by atoms with Crippen LogP contribution in [-0.2, 0) is 14.8 Å². The van der Waals surface area contributed by atoms with Crippen LogP contribution in [0, 0.1) is 0 Å². The maximum atomic E-state index is 12.2. The van der Waals surface area contributed by atoms with Gasteiger partial charge in [0.05, 0.1) is 11.3 Å². The molecule has 0 aromatic heterocycles. The highest BCUT2D eigenvalue weighted by Gasteiger charge is 2.29. The maximum absolute atomic E-state index is 12.2. The molecule has 1 atom stereocenters. The van der Waals surface area contributed by atoms with Crippen LogP contribution in [0.5, 0.6) is 0 Å². The molecular weight excluding hydrogens is 328 g/mol. The van der Waals surface area contributed by atoms with E-state index >= 15 is 0 Å². The molecule has 0 aliphatic carbocycles. The molecule has 22 heavy (non-hydrogen) atoms. The molecule has 0 aromatic carbocycles. The zero-order valence-electron chi connectivity index (χ0n) is 12.6. The van der Waals surface area contributed by atoms with Gasteiger partial charge in [0.1, 0.15) is 0 Å². The van der Waals surface area contributed by atoms with Gasteiger partial charge in [-0.15, -0.1) is 16.8 Å². The summed E-state index contributed by atoms with van der Waals surface area (Å²) >= 11 is 0. The van der Waals surface area contributed by atoms with Gasteiger partial charge in [-0.25, -0.2) is 8.42 Å². The summed E-state index contributed by atoms with van der Waals surface area (Å²) in [5.41, 5.74) is 0.282. The van der Waals surface area contributed by atoms with Gasteiger partial charge in [-0.3, -0.25) is 4.79 Å². The van der Waals surface area contributed by atoms with Crippen molar-refractivity contribution < 1.29 is 13.2 Å². The lowest BCUT2D eigenvalue weighted by atomic mass is 10.1. The molecule has 0 aromatic rings. The molecule has 0 saturated heterocycles. The Bertz CT molecular complexity index is 613. The average molecular weight is 349 g/mol. The molecule has 2 aliphatic heterocycles. The van der Waals surface area contributed by atoms with Gasteiger partial charge in [-0.2, -0.15) is 0 Å². The van der Waals surface area contributed by atoms with Crippen LogP contribution in [0.25, 0.3) is 0 Å². The summed E-state index contributed by atoms with van der Waals surface area (Å²) in [6.07, 6.45) is 5.04. The van der Waals surface area contributed by atoms with Crippen molar-refractivity contribution in [1.29, 1.82) is 0 Å². The molecule has 7 nitrogen and oxygen atoms in total. The minimum absolute atomic E-state index is 0. The van der Waals surface area contributed by atoms with Gasteiger partial charge in [0.2, 0.25) is 0 Å². The molecule has 2 N–H and O–H groups in total. The van der Waals surface area contributed by atoms with Crippen LogP contribution in [0.2, 0.25) is 0 Å². The molecule has 2 aliphatic rings. The zero-order valence-corrected chi connectivity index (χ0v) is 14.2. The Morgan fingerprint density at radius 3 is 2.91 bits per heavy atom. The van der Waals surface area contributed by atoms with E-state index in [0.717, 1.165) is 6.54 Å². The largest absolute Gasteiger partial charge is 0.350 e. The molecule has 0 saturated carbocycles. The van der Waals surface area contributed by atoms with Gasteiger partial charge >= 0.3 is 0 Å². The van der Waals surface area contributed by atoms with E-state index in [2.05, 4.69) is 15.0 Å². The number of fused-ring (bicyclic) bond motifs is 1. The summed E-state index contributed by atoms with van der Waals surface area (Å²) < 4.78 is 27.0. The van der Waals surface area contributed by atoms with E-state index in [1.807, 2.05) is 13.8 Å². The monoisotopic (exact) mass is 348 g/mol. The zero-order chi connectivity index (χ0) is 15.5.